The van der Waals surface area contributed by atoms with E-state index in [2.05, 4.69) is 0 Å². The van der Waals surface area contributed by atoms with Gasteiger partial charge in [0.25, 0.3) is 5.67 Å². The first-order valence-corrected chi connectivity index (χ1v) is 5.93. The lowest BCUT2D eigenvalue weighted by atomic mass is 9.87. The lowest BCUT2D eigenvalue weighted by Gasteiger charge is -2.35. The first-order chi connectivity index (χ1) is 9.25. The van der Waals surface area contributed by atoms with Crippen LogP contribution >= 0.6 is 22.6 Å². The van der Waals surface area contributed by atoms with Crippen molar-refractivity contribution in [3.63, 3.8) is 0 Å². The molecule has 14 heteroatoms. The summed E-state index contributed by atoms with van der Waals surface area (Å²) >= 11 is -0.242. The van der Waals surface area contributed by atoms with Crippen molar-refractivity contribution in [2.45, 2.75) is 40.7 Å². The summed E-state index contributed by atoms with van der Waals surface area (Å²) in [7, 11) is 0. The third-order valence-corrected chi connectivity index (χ3v) is 3.08. The van der Waals surface area contributed by atoms with E-state index in [4.69, 9.17) is 0 Å². The summed E-state index contributed by atoms with van der Waals surface area (Å²) in [4.78, 5) is 0. The summed E-state index contributed by atoms with van der Waals surface area (Å²) in [5.74, 6) is -4.52. The third-order valence-electron chi connectivity index (χ3n) is 2.49. The van der Waals surface area contributed by atoms with Crippen molar-refractivity contribution in [3.05, 3.63) is 0 Å². The molecule has 0 bridgehead atoms. The Morgan fingerprint density at radius 2 is 1.00 bits per heavy atom. The highest BCUT2D eigenvalue weighted by Gasteiger charge is 2.75. The number of hydrogen-bond donors (Lipinski definition) is 0. The average Bonchev–Trinajstić information content (AvgIpc) is 2.18. The minimum Gasteiger partial charge on any atom is -0.239 e. The quantitative estimate of drug-likeness (QED) is 0.277. The fourth-order valence-electron chi connectivity index (χ4n) is 1.31. The maximum absolute atomic E-state index is 13.2. The van der Waals surface area contributed by atoms with Crippen LogP contribution < -0.4 is 0 Å². The number of hydrogen-bond acceptors (Lipinski definition) is 0. The first-order valence-electron chi connectivity index (χ1n) is 4.85. The maximum Gasteiger partial charge on any atom is 0.431 e. The van der Waals surface area contributed by atoms with E-state index in [1.54, 1.807) is 0 Å². The van der Waals surface area contributed by atoms with Gasteiger partial charge in [-0.1, -0.05) is 0 Å². The van der Waals surface area contributed by atoms with Crippen molar-refractivity contribution < 1.29 is 57.1 Å². The molecule has 2 unspecified atom stereocenters. The van der Waals surface area contributed by atoms with Gasteiger partial charge in [0.05, 0.1) is 5.92 Å². The van der Waals surface area contributed by atoms with Gasteiger partial charge in [-0.2, -0.15) is 48.3 Å². The number of rotatable bonds is 4. The molecule has 0 fully saturated rings. The van der Waals surface area contributed by atoms with Crippen molar-refractivity contribution in [1.29, 1.82) is 0 Å². The van der Waals surface area contributed by atoms with E-state index in [9.17, 15) is 57.1 Å². The molecule has 22 heavy (non-hydrogen) atoms. The zero-order valence-electron chi connectivity index (χ0n) is 9.65. The molecule has 0 aromatic heterocycles. The van der Waals surface area contributed by atoms with Crippen molar-refractivity contribution in [2.75, 3.05) is 0 Å². The van der Waals surface area contributed by atoms with Crippen LogP contribution in [0.3, 0.4) is 0 Å². The van der Waals surface area contributed by atoms with Crippen molar-refractivity contribution in [1.82, 2.24) is 0 Å². The van der Waals surface area contributed by atoms with Gasteiger partial charge in [-0.3, -0.25) is 0 Å². The Balaban J connectivity index is 5.92. The third kappa shape index (κ3) is 4.66. The Morgan fingerprint density at radius 1 is 0.682 bits per heavy atom. The van der Waals surface area contributed by atoms with Crippen LogP contribution in [0.4, 0.5) is 57.1 Å². The largest absolute Gasteiger partial charge is 0.431 e. The average molecular weight is 474 g/mol. The predicted molar refractivity (Wildman–Crippen MR) is 54.0 cm³/mol. The second-order valence-corrected chi connectivity index (χ2v) is 5.53. The zero-order chi connectivity index (χ0) is 18.4. The molecule has 0 aliphatic carbocycles. The zero-order valence-corrected chi connectivity index (χ0v) is 11.8. The van der Waals surface area contributed by atoms with Crippen LogP contribution in [-0.4, -0.2) is 34.3 Å². The molecule has 0 spiro atoms. The molecule has 134 valence electrons. The topological polar surface area (TPSA) is 0 Å². The Hall–Kier alpha value is -0.180. The van der Waals surface area contributed by atoms with Gasteiger partial charge < -0.3 is 0 Å². The highest BCUT2D eigenvalue weighted by molar-refractivity contribution is 14.1. The summed E-state index contributed by atoms with van der Waals surface area (Å²) in [6.07, 6.45) is -28.2. The van der Waals surface area contributed by atoms with E-state index >= 15 is 0 Å². The highest BCUT2D eigenvalue weighted by Crippen LogP contribution is 2.54. The molecule has 0 aromatic carbocycles. The van der Waals surface area contributed by atoms with Crippen molar-refractivity contribution in [3.8, 4) is 0 Å². The predicted octanol–water partition coefficient (Wildman–Crippen LogP) is 5.75. The van der Waals surface area contributed by atoms with E-state index in [0.29, 0.717) is 0 Å². The van der Waals surface area contributed by atoms with Gasteiger partial charge in [-0.15, -0.1) is 0 Å². The Kier molecular flexibility index (Phi) is 5.98. The Labute approximate surface area is 127 Å². The van der Waals surface area contributed by atoms with Gasteiger partial charge in [-0.25, -0.2) is 8.78 Å². The standard InChI is InChI=1S/C8H4F13I/c9-3(6(14,15)22)2(5(11,12)13)1-4(10,7(16,17)18)8(19,20)21/h2-3H,1H2. The lowest BCUT2D eigenvalue weighted by molar-refractivity contribution is -0.355. The molecule has 0 radical (unpaired) electrons. The normalized spacial score (nSPS) is 18.3. The van der Waals surface area contributed by atoms with Gasteiger partial charge in [-0.05, 0) is 0 Å². The van der Waals surface area contributed by atoms with Gasteiger partial charge in [0.15, 0.2) is 6.17 Å². The molecule has 0 amide bonds. The van der Waals surface area contributed by atoms with Crippen LogP contribution in [0.25, 0.3) is 0 Å². The summed E-state index contributed by atoms with van der Waals surface area (Å²) < 4.78 is 156. The van der Waals surface area contributed by atoms with Gasteiger partial charge >= 0.3 is 22.5 Å². The highest BCUT2D eigenvalue weighted by atomic mass is 127. The van der Waals surface area contributed by atoms with Crippen LogP contribution in [0.2, 0.25) is 0 Å². The second-order valence-electron chi connectivity index (χ2n) is 4.09. The molecule has 0 nitrogen and oxygen atoms in total. The molecule has 0 saturated heterocycles. The van der Waals surface area contributed by atoms with Crippen LogP contribution in [0.1, 0.15) is 6.42 Å². The van der Waals surface area contributed by atoms with E-state index in [0.717, 1.165) is 0 Å². The summed E-state index contributed by atoms with van der Waals surface area (Å²) in [5, 5.41) is 0. The van der Waals surface area contributed by atoms with E-state index < -0.39 is 46.6 Å². The summed E-state index contributed by atoms with van der Waals surface area (Å²) in [6.45, 7) is 0. The molecule has 0 rings (SSSR count). The summed E-state index contributed by atoms with van der Waals surface area (Å²) in [6, 6.07) is 0. The number of halogens is 14. The Morgan fingerprint density at radius 3 is 1.18 bits per heavy atom. The van der Waals surface area contributed by atoms with Crippen LogP contribution in [0, 0.1) is 5.92 Å². The molecule has 0 heterocycles. The molecule has 0 N–H and O–H groups in total. The van der Waals surface area contributed by atoms with Gasteiger partial charge in [0.1, 0.15) is 0 Å². The minimum absolute atomic E-state index is 0.242. The van der Waals surface area contributed by atoms with Crippen LogP contribution in [0.15, 0.2) is 0 Å². The maximum atomic E-state index is 13.2. The molecular weight excluding hydrogens is 470 g/mol. The fourth-order valence-corrected chi connectivity index (χ4v) is 1.74. The SMILES string of the molecule is FC(C(CC(F)(C(F)(F)F)C(F)(F)F)C(F)(F)F)C(F)(F)I. The second kappa shape index (κ2) is 6.03. The molecule has 0 aromatic rings. The molecule has 0 aliphatic rings. The molecule has 2 atom stereocenters. The monoisotopic (exact) mass is 474 g/mol. The molecule has 0 aliphatic heterocycles. The van der Waals surface area contributed by atoms with Gasteiger partial charge in [0.2, 0.25) is 0 Å². The van der Waals surface area contributed by atoms with Crippen molar-refractivity contribution >= 4 is 22.6 Å². The van der Waals surface area contributed by atoms with Crippen LogP contribution in [-0.2, 0) is 0 Å². The van der Waals surface area contributed by atoms with E-state index in [1.165, 1.54) is 0 Å². The van der Waals surface area contributed by atoms with Crippen LogP contribution in [0.5, 0.6) is 0 Å². The van der Waals surface area contributed by atoms with E-state index in [1.807, 2.05) is 0 Å². The number of alkyl halides is 14. The first kappa shape index (κ1) is 21.8. The molecule has 0 saturated carbocycles. The van der Waals surface area contributed by atoms with E-state index in [-0.39, 0.29) is 22.6 Å². The Bertz CT molecular complexity index is 357. The fraction of sp³-hybridized carbons (Fsp3) is 1.00. The lowest BCUT2D eigenvalue weighted by Crippen LogP contribution is -2.57. The smallest absolute Gasteiger partial charge is 0.239 e. The minimum atomic E-state index is -6.91. The molecular formula is C8H4F13I. The van der Waals surface area contributed by atoms with Crippen molar-refractivity contribution in [2.24, 2.45) is 5.92 Å². The van der Waals surface area contributed by atoms with Gasteiger partial charge in [0, 0.05) is 29.0 Å². The summed E-state index contributed by atoms with van der Waals surface area (Å²) in [5.41, 5.74) is -6.49.